The maximum Gasteiger partial charge on any atom is 0.119 e. The molecule has 1 aliphatic heterocycles. The van der Waals surface area contributed by atoms with Crippen molar-refractivity contribution in [1.29, 1.82) is 0 Å². The van der Waals surface area contributed by atoms with Gasteiger partial charge in [0.1, 0.15) is 5.75 Å². The van der Waals surface area contributed by atoms with Gasteiger partial charge in [-0.3, -0.25) is 4.90 Å². The molecule has 104 valence electrons. The Balaban J connectivity index is 2.26. The summed E-state index contributed by atoms with van der Waals surface area (Å²) < 4.78 is 5.29. The second kappa shape index (κ2) is 6.35. The van der Waals surface area contributed by atoms with Gasteiger partial charge in [-0.2, -0.15) is 0 Å². The van der Waals surface area contributed by atoms with Crippen LogP contribution in [0.2, 0.25) is 0 Å². The summed E-state index contributed by atoms with van der Waals surface area (Å²) in [5, 5.41) is 0. The lowest BCUT2D eigenvalue weighted by molar-refractivity contribution is 0.162. The van der Waals surface area contributed by atoms with Gasteiger partial charge in [0, 0.05) is 6.54 Å². The van der Waals surface area contributed by atoms with Gasteiger partial charge in [-0.05, 0) is 43.0 Å². The number of ether oxygens (including phenoxy) is 1. The number of benzene rings is 1. The molecule has 4 heteroatoms. The van der Waals surface area contributed by atoms with Crippen LogP contribution in [0.5, 0.6) is 5.75 Å². The normalized spacial score (nSPS) is 21.9. The van der Waals surface area contributed by atoms with E-state index in [0.29, 0.717) is 10.9 Å². The molecule has 0 spiro atoms. The zero-order chi connectivity index (χ0) is 13.8. The molecule has 1 fully saturated rings. The fourth-order valence-electron chi connectivity index (χ4n) is 2.83. The third kappa shape index (κ3) is 3.45. The van der Waals surface area contributed by atoms with E-state index in [1.807, 2.05) is 18.2 Å². The van der Waals surface area contributed by atoms with Crippen LogP contribution < -0.4 is 10.5 Å². The molecule has 0 radical (unpaired) electrons. The molecular weight excluding hydrogens is 256 g/mol. The third-order valence-corrected chi connectivity index (χ3v) is 3.96. The molecule has 2 N–H and O–H groups in total. The van der Waals surface area contributed by atoms with Crippen molar-refractivity contribution in [3.05, 3.63) is 29.8 Å². The van der Waals surface area contributed by atoms with Crippen LogP contribution >= 0.6 is 12.2 Å². The molecule has 1 heterocycles. The quantitative estimate of drug-likeness (QED) is 0.860. The largest absolute Gasteiger partial charge is 0.497 e. The average molecular weight is 278 g/mol. The van der Waals surface area contributed by atoms with E-state index in [1.54, 1.807) is 7.11 Å². The van der Waals surface area contributed by atoms with Crippen molar-refractivity contribution in [2.24, 2.45) is 11.7 Å². The van der Waals surface area contributed by atoms with Crippen LogP contribution in [0.15, 0.2) is 24.3 Å². The van der Waals surface area contributed by atoms with Gasteiger partial charge < -0.3 is 10.5 Å². The van der Waals surface area contributed by atoms with Gasteiger partial charge in [0.25, 0.3) is 0 Å². The van der Waals surface area contributed by atoms with Crippen molar-refractivity contribution in [2.75, 3.05) is 20.2 Å². The van der Waals surface area contributed by atoms with Gasteiger partial charge >= 0.3 is 0 Å². The first-order valence-electron chi connectivity index (χ1n) is 6.79. The SMILES string of the molecule is COc1cccc(C(C(N)=S)N2CCCC(C)C2)c1. The molecule has 1 aromatic rings. The van der Waals surface area contributed by atoms with Gasteiger partial charge in [-0.1, -0.05) is 31.3 Å². The molecule has 0 aromatic heterocycles. The Kier molecular flexibility index (Phi) is 4.77. The molecular formula is C15H22N2OS. The zero-order valence-corrected chi connectivity index (χ0v) is 12.5. The Hall–Kier alpha value is -1.13. The highest BCUT2D eigenvalue weighted by molar-refractivity contribution is 7.80. The molecule has 0 bridgehead atoms. The van der Waals surface area contributed by atoms with Crippen molar-refractivity contribution < 1.29 is 4.74 Å². The van der Waals surface area contributed by atoms with E-state index in [9.17, 15) is 0 Å². The lowest BCUT2D eigenvalue weighted by Gasteiger charge is -2.37. The Labute approximate surface area is 120 Å². The molecule has 0 aliphatic carbocycles. The summed E-state index contributed by atoms with van der Waals surface area (Å²) in [6, 6.07) is 8.06. The van der Waals surface area contributed by atoms with Crippen LogP contribution in [-0.4, -0.2) is 30.1 Å². The number of thiocarbonyl (C=S) groups is 1. The lowest BCUT2D eigenvalue weighted by atomic mass is 9.96. The zero-order valence-electron chi connectivity index (χ0n) is 11.6. The Morgan fingerprint density at radius 2 is 2.32 bits per heavy atom. The van der Waals surface area contributed by atoms with Gasteiger partial charge in [0.05, 0.1) is 18.1 Å². The second-order valence-electron chi connectivity index (χ2n) is 5.32. The van der Waals surface area contributed by atoms with Crippen molar-refractivity contribution in [1.82, 2.24) is 4.90 Å². The predicted molar refractivity (Wildman–Crippen MR) is 82.5 cm³/mol. The van der Waals surface area contributed by atoms with Crippen LogP contribution in [0.3, 0.4) is 0 Å². The van der Waals surface area contributed by atoms with Crippen LogP contribution in [0.25, 0.3) is 0 Å². The fraction of sp³-hybridized carbons (Fsp3) is 0.533. The number of piperidine rings is 1. The first kappa shape index (κ1) is 14.3. The van der Waals surface area contributed by atoms with Crippen LogP contribution in [-0.2, 0) is 0 Å². The number of likely N-dealkylation sites (tertiary alicyclic amines) is 1. The molecule has 2 unspecified atom stereocenters. The topological polar surface area (TPSA) is 38.5 Å². The molecule has 1 aromatic carbocycles. The van der Waals surface area contributed by atoms with E-state index in [0.717, 1.165) is 24.4 Å². The van der Waals surface area contributed by atoms with Crippen LogP contribution in [0.1, 0.15) is 31.4 Å². The fourth-order valence-corrected chi connectivity index (χ4v) is 3.11. The highest BCUT2D eigenvalue weighted by atomic mass is 32.1. The minimum Gasteiger partial charge on any atom is -0.497 e. The summed E-state index contributed by atoms with van der Waals surface area (Å²) in [4.78, 5) is 2.94. The summed E-state index contributed by atoms with van der Waals surface area (Å²) >= 11 is 5.29. The number of hydrogen-bond acceptors (Lipinski definition) is 3. The Morgan fingerprint density at radius 1 is 1.53 bits per heavy atom. The molecule has 2 atom stereocenters. The van der Waals surface area contributed by atoms with Gasteiger partial charge in [0.2, 0.25) is 0 Å². The molecule has 19 heavy (non-hydrogen) atoms. The number of nitrogens with zero attached hydrogens (tertiary/aromatic N) is 1. The van der Waals surface area contributed by atoms with Gasteiger partial charge in [-0.15, -0.1) is 0 Å². The highest BCUT2D eigenvalue weighted by Crippen LogP contribution is 2.29. The summed E-state index contributed by atoms with van der Waals surface area (Å²) in [7, 11) is 1.68. The first-order valence-corrected chi connectivity index (χ1v) is 7.20. The molecule has 3 nitrogen and oxygen atoms in total. The molecule has 2 rings (SSSR count). The molecule has 0 saturated carbocycles. The molecule has 0 amide bonds. The van der Waals surface area contributed by atoms with Crippen molar-refractivity contribution in [3.8, 4) is 5.75 Å². The summed E-state index contributed by atoms with van der Waals surface area (Å²) in [5.41, 5.74) is 7.11. The number of hydrogen-bond donors (Lipinski definition) is 1. The number of rotatable bonds is 4. The van der Waals surface area contributed by atoms with Gasteiger partial charge in [-0.25, -0.2) is 0 Å². The standard InChI is InChI=1S/C15H22N2OS/c1-11-5-4-8-17(10-11)14(15(16)19)12-6-3-7-13(9-12)18-2/h3,6-7,9,11,14H,4-5,8,10H2,1-2H3,(H2,16,19). The Bertz CT molecular complexity index is 450. The maximum atomic E-state index is 5.99. The third-order valence-electron chi connectivity index (χ3n) is 3.73. The van der Waals surface area contributed by atoms with Crippen LogP contribution in [0, 0.1) is 5.92 Å². The number of methoxy groups -OCH3 is 1. The monoisotopic (exact) mass is 278 g/mol. The summed E-state index contributed by atoms with van der Waals surface area (Å²) in [5.74, 6) is 1.56. The van der Waals surface area contributed by atoms with Gasteiger partial charge in [0.15, 0.2) is 0 Å². The molecule has 1 saturated heterocycles. The smallest absolute Gasteiger partial charge is 0.119 e. The summed E-state index contributed by atoms with van der Waals surface area (Å²) in [6.07, 6.45) is 2.50. The minimum absolute atomic E-state index is 0.0212. The lowest BCUT2D eigenvalue weighted by Crippen LogP contribution is -2.42. The van der Waals surface area contributed by atoms with E-state index in [1.165, 1.54) is 12.8 Å². The van der Waals surface area contributed by atoms with Crippen molar-refractivity contribution in [2.45, 2.75) is 25.8 Å². The van der Waals surface area contributed by atoms with Crippen LogP contribution in [0.4, 0.5) is 0 Å². The Morgan fingerprint density at radius 3 is 2.95 bits per heavy atom. The van der Waals surface area contributed by atoms with E-state index in [4.69, 9.17) is 22.7 Å². The van der Waals surface area contributed by atoms with Crippen molar-refractivity contribution >= 4 is 17.2 Å². The van der Waals surface area contributed by atoms with E-state index < -0.39 is 0 Å². The first-order chi connectivity index (χ1) is 9.11. The van der Waals surface area contributed by atoms with E-state index in [-0.39, 0.29) is 6.04 Å². The van der Waals surface area contributed by atoms with E-state index >= 15 is 0 Å². The molecule has 1 aliphatic rings. The highest BCUT2D eigenvalue weighted by Gasteiger charge is 2.27. The average Bonchev–Trinajstić information content (AvgIpc) is 2.39. The summed E-state index contributed by atoms with van der Waals surface area (Å²) in [6.45, 7) is 4.40. The second-order valence-corrected chi connectivity index (χ2v) is 5.80. The predicted octanol–water partition coefficient (Wildman–Crippen LogP) is 2.75. The number of nitrogens with two attached hydrogens (primary N) is 1. The maximum absolute atomic E-state index is 5.99. The minimum atomic E-state index is 0.0212. The van der Waals surface area contributed by atoms with Crippen molar-refractivity contribution in [3.63, 3.8) is 0 Å². The van der Waals surface area contributed by atoms with E-state index in [2.05, 4.69) is 17.9 Å².